The van der Waals surface area contributed by atoms with E-state index in [9.17, 15) is 4.79 Å². The van der Waals surface area contributed by atoms with Gasteiger partial charge < -0.3 is 9.73 Å². The van der Waals surface area contributed by atoms with E-state index in [1.807, 2.05) is 43.3 Å². The average molecular weight is 361 g/mol. The number of halogens is 1. The van der Waals surface area contributed by atoms with Gasteiger partial charge in [-0.15, -0.1) is 11.3 Å². The fourth-order valence-electron chi connectivity index (χ4n) is 2.36. The third kappa shape index (κ3) is 4.24. The first-order chi connectivity index (χ1) is 11.6. The van der Waals surface area contributed by atoms with Gasteiger partial charge in [0.1, 0.15) is 10.8 Å². The molecule has 1 aromatic carbocycles. The van der Waals surface area contributed by atoms with Crippen LogP contribution in [0.25, 0.3) is 11.3 Å². The Labute approximate surface area is 149 Å². The van der Waals surface area contributed by atoms with Gasteiger partial charge in [-0.05, 0) is 31.2 Å². The van der Waals surface area contributed by atoms with Gasteiger partial charge in [0, 0.05) is 28.3 Å². The Morgan fingerprint density at radius 2 is 2.08 bits per heavy atom. The van der Waals surface area contributed by atoms with Crippen molar-refractivity contribution in [3.63, 3.8) is 0 Å². The first kappa shape index (κ1) is 16.7. The number of aryl methyl sites for hydroxylation is 2. The summed E-state index contributed by atoms with van der Waals surface area (Å²) in [6, 6.07) is 11.3. The van der Waals surface area contributed by atoms with Crippen LogP contribution in [-0.4, -0.2) is 10.9 Å². The molecule has 1 N–H and O–H groups in total. The number of thiazole rings is 1. The van der Waals surface area contributed by atoms with E-state index in [1.54, 1.807) is 17.6 Å². The van der Waals surface area contributed by atoms with Crippen molar-refractivity contribution < 1.29 is 9.21 Å². The number of benzene rings is 1. The summed E-state index contributed by atoms with van der Waals surface area (Å²) >= 11 is 7.52. The number of amides is 1. The standard InChI is InChI=1S/C18H17ClN2O2S/c1-12-18(13-4-6-14(19)7-5-13)21-17(24-12)11-20-16(22)9-8-15-3-2-10-23-15/h2-7,10H,8-9,11H2,1H3,(H,20,22). The minimum absolute atomic E-state index is 0.00713. The second kappa shape index (κ2) is 7.64. The Kier molecular flexibility index (Phi) is 5.33. The third-order valence-corrected chi connectivity index (χ3v) is 4.80. The number of nitrogens with one attached hydrogen (secondary N) is 1. The molecule has 3 aromatic rings. The molecule has 2 heterocycles. The maximum Gasteiger partial charge on any atom is 0.220 e. The van der Waals surface area contributed by atoms with E-state index >= 15 is 0 Å². The molecule has 0 spiro atoms. The molecule has 3 rings (SSSR count). The summed E-state index contributed by atoms with van der Waals surface area (Å²) in [6.45, 7) is 2.47. The highest BCUT2D eigenvalue weighted by atomic mass is 35.5. The lowest BCUT2D eigenvalue weighted by Crippen LogP contribution is -2.22. The molecule has 0 saturated heterocycles. The fraction of sp³-hybridized carbons (Fsp3) is 0.222. The summed E-state index contributed by atoms with van der Waals surface area (Å²) in [7, 11) is 0. The van der Waals surface area contributed by atoms with E-state index in [4.69, 9.17) is 16.0 Å². The van der Waals surface area contributed by atoms with Crippen LogP contribution >= 0.6 is 22.9 Å². The molecule has 0 fully saturated rings. The molecule has 124 valence electrons. The summed E-state index contributed by atoms with van der Waals surface area (Å²) in [6.07, 6.45) is 2.62. The number of hydrogen-bond donors (Lipinski definition) is 1. The molecule has 2 aromatic heterocycles. The van der Waals surface area contributed by atoms with Crippen molar-refractivity contribution in [1.82, 2.24) is 10.3 Å². The normalized spacial score (nSPS) is 10.8. The van der Waals surface area contributed by atoms with E-state index < -0.39 is 0 Å². The molecule has 0 saturated carbocycles. The Bertz CT molecular complexity index is 810. The van der Waals surface area contributed by atoms with Crippen LogP contribution in [0.2, 0.25) is 5.02 Å². The first-order valence-corrected chi connectivity index (χ1v) is 8.82. The molecule has 24 heavy (non-hydrogen) atoms. The summed E-state index contributed by atoms with van der Waals surface area (Å²) in [4.78, 5) is 17.7. The van der Waals surface area contributed by atoms with E-state index in [1.165, 1.54) is 0 Å². The zero-order valence-electron chi connectivity index (χ0n) is 13.2. The number of furan rings is 1. The van der Waals surface area contributed by atoms with Gasteiger partial charge in [0.2, 0.25) is 5.91 Å². The number of hydrogen-bond acceptors (Lipinski definition) is 4. The van der Waals surface area contributed by atoms with Crippen LogP contribution in [0, 0.1) is 6.92 Å². The highest BCUT2D eigenvalue weighted by Gasteiger charge is 2.11. The zero-order valence-corrected chi connectivity index (χ0v) is 14.8. The molecule has 0 aliphatic rings. The van der Waals surface area contributed by atoms with Crippen molar-refractivity contribution in [3.8, 4) is 11.3 Å². The lowest BCUT2D eigenvalue weighted by molar-refractivity contribution is -0.121. The maximum atomic E-state index is 11.9. The van der Waals surface area contributed by atoms with Gasteiger partial charge in [-0.3, -0.25) is 4.79 Å². The molecular formula is C18H17ClN2O2S. The van der Waals surface area contributed by atoms with Crippen molar-refractivity contribution >= 4 is 28.8 Å². The predicted octanol–water partition coefficient (Wildman–Crippen LogP) is 4.61. The van der Waals surface area contributed by atoms with Crippen molar-refractivity contribution in [3.05, 3.63) is 63.3 Å². The molecule has 0 radical (unpaired) electrons. The van der Waals surface area contributed by atoms with Crippen LogP contribution < -0.4 is 5.32 Å². The highest BCUT2D eigenvalue weighted by molar-refractivity contribution is 7.12. The third-order valence-electron chi connectivity index (χ3n) is 3.57. The average Bonchev–Trinajstić information content (AvgIpc) is 3.21. The SMILES string of the molecule is Cc1sc(CNC(=O)CCc2ccco2)nc1-c1ccc(Cl)cc1. The van der Waals surface area contributed by atoms with Crippen LogP contribution in [0.1, 0.15) is 22.1 Å². The molecule has 0 aliphatic heterocycles. The molecule has 0 atom stereocenters. The number of nitrogens with zero attached hydrogens (tertiary/aromatic N) is 1. The lowest BCUT2D eigenvalue weighted by atomic mass is 10.1. The maximum absolute atomic E-state index is 11.9. The van der Waals surface area contributed by atoms with Gasteiger partial charge in [-0.2, -0.15) is 0 Å². The molecule has 0 bridgehead atoms. The van der Waals surface area contributed by atoms with Crippen LogP contribution in [-0.2, 0) is 17.8 Å². The van der Waals surface area contributed by atoms with Crippen LogP contribution in [0.4, 0.5) is 0 Å². The highest BCUT2D eigenvalue weighted by Crippen LogP contribution is 2.28. The quantitative estimate of drug-likeness (QED) is 0.698. The van der Waals surface area contributed by atoms with Crippen LogP contribution in [0.15, 0.2) is 47.1 Å². The van der Waals surface area contributed by atoms with Crippen molar-refractivity contribution in [2.24, 2.45) is 0 Å². The summed E-state index contributed by atoms with van der Waals surface area (Å²) in [5.74, 6) is 0.813. The molecule has 0 unspecified atom stereocenters. The monoisotopic (exact) mass is 360 g/mol. The predicted molar refractivity (Wildman–Crippen MR) is 96.2 cm³/mol. The Morgan fingerprint density at radius 1 is 1.29 bits per heavy atom. The second-order valence-corrected chi connectivity index (χ2v) is 7.10. The number of carbonyl (C=O) groups is 1. The topological polar surface area (TPSA) is 55.1 Å². The molecule has 0 aliphatic carbocycles. The van der Waals surface area contributed by atoms with Crippen LogP contribution in [0.3, 0.4) is 0 Å². The Hall–Kier alpha value is -2.11. The first-order valence-electron chi connectivity index (χ1n) is 7.63. The van der Waals surface area contributed by atoms with Gasteiger partial charge in [0.15, 0.2) is 0 Å². The minimum atomic E-state index is -0.00713. The zero-order chi connectivity index (χ0) is 16.9. The number of rotatable bonds is 6. The Morgan fingerprint density at radius 3 is 2.79 bits per heavy atom. The van der Waals surface area contributed by atoms with Gasteiger partial charge in [-0.1, -0.05) is 23.7 Å². The molecule has 1 amide bonds. The molecule has 6 heteroatoms. The lowest BCUT2D eigenvalue weighted by Gasteiger charge is -2.02. The fourth-order valence-corrected chi connectivity index (χ4v) is 3.38. The molecule has 4 nitrogen and oxygen atoms in total. The number of aromatic nitrogens is 1. The smallest absolute Gasteiger partial charge is 0.220 e. The molecular weight excluding hydrogens is 344 g/mol. The van der Waals surface area contributed by atoms with Crippen molar-refractivity contribution in [2.45, 2.75) is 26.3 Å². The summed E-state index contributed by atoms with van der Waals surface area (Å²) in [5, 5.41) is 4.51. The minimum Gasteiger partial charge on any atom is -0.469 e. The second-order valence-electron chi connectivity index (χ2n) is 5.38. The van der Waals surface area contributed by atoms with Gasteiger partial charge in [0.05, 0.1) is 18.5 Å². The summed E-state index contributed by atoms with van der Waals surface area (Å²) in [5.41, 5.74) is 1.97. The van der Waals surface area contributed by atoms with Crippen molar-refractivity contribution in [1.29, 1.82) is 0 Å². The van der Waals surface area contributed by atoms with Gasteiger partial charge >= 0.3 is 0 Å². The number of carbonyl (C=O) groups excluding carboxylic acids is 1. The van der Waals surface area contributed by atoms with Crippen molar-refractivity contribution in [2.75, 3.05) is 0 Å². The van der Waals surface area contributed by atoms with E-state index in [0.29, 0.717) is 24.4 Å². The Balaban J connectivity index is 1.57. The van der Waals surface area contributed by atoms with E-state index in [2.05, 4.69) is 10.3 Å². The van der Waals surface area contributed by atoms with Gasteiger partial charge in [0.25, 0.3) is 0 Å². The van der Waals surface area contributed by atoms with E-state index in [-0.39, 0.29) is 5.91 Å². The van der Waals surface area contributed by atoms with Crippen LogP contribution in [0.5, 0.6) is 0 Å². The largest absolute Gasteiger partial charge is 0.469 e. The summed E-state index contributed by atoms with van der Waals surface area (Å²) < 4.78 is 5.22. The van der Waals surface area contributed by atoms with E-state index in [0.717, 1.165) is 26.9 Å². The van der Waals surface area contributed by atoms with Gasteiger partial charge in [-0.25, -0.2) is 4.98 Å².